The average molecular weight is 404 g/mol. The Kier molecular flexibility index (Phi) is 3.95. The topological polar surface area (TPSA) is 22.4 Å². The molecule has 0 aliphatic rings. The summed E-state index contributed by atoms with van der Waals surface area (Å²) in [5.74, 6) is -21.5. The van der Waals surface area contributed by atoms with Crippen molar-refractivity contribution in [1.29, 1.82) is 0 Å². The fourth-order valence-electron chi connectivity index (χ4n) is 2.69. The van der Waals surface area contributed by atoms with Gasteiger partial charge in [0.1, 0.15) is 5.58 Å². The van der Waals surface area contributed by atoms with Crippen LogP contribution in [0.25, 0.3) is 21.9 Å². The van der Waals surface area contributed by atoms with E-state index in [2.05, 4.69) is 4.74 Å². The summed E-state index contributed by atoms with van der Waals surface area (Å²) in [7, 11) is 0. The smallest absolute Gasteiger partial charge is 0.212 e. The van der Waals surface area contributed by atoms with Crippen LogP contribution < -0.4 is 4.74 Å². The van der Waals surface area contributed by atoms with Gasteiger partial charge in [0.15, 0.2) is 11.4 Å². The van der Waals surface area contributed by atoms with Crippen molar-refractivity contribution in [3.8, 4) is 11.5 Å². The number of benzene rings is 3. The molecule has 0 aliphatic carbocycles. The van der Waals surface area contributed by atoms with Crippen molar-refractivity contribution >= 4 is 21.9 Å². The lowest BCUT2D eigenvalue weighted by atomic mass is 10.1. The molecule has 0 unspecified atom stereocenters. The van der Waals surface area contributed by atoms with Crippen LogP contribution in [0.4, 0.5) is 35.1 Å². The van der Waals surface area contributed by atoms with Crippen molar-refractivity contribution < 1.29 is 44.3 Å². The number of furan rings is 1. The van der Waals surface area contributed by atoms with Crippen LogP contribution in [-0.2, 0) is 0 Å². The van der Waals surface area contributed by atoms with Crippen molar-refractivity contribution in [2.75, 3.05) is 0 Å². The minimum Gasteiger partial charge on any atom is -0.453 e. The summed E-state index contributed by atoms with van der Waals surface area (Å²) in [6.07, 6.45) is 0. The van der Waals surface area contributed by atoms with Crippen LogP contribution in [0, 0.1) is 46.5 Å². The molecule has 0 saturated heterocycles. The lowest BCUT2D eigenvalue weighted by molar-refractivity contribution is 0.314. The van der Waals surface area contributed by atoms with Gasteiger partial charge in [-0.05, 0) is 6.07 Å². The molecule has 0 N–H and O–H groups in total. The zero-order valence-corrected chi connectivity index (χ0v) is 13.1. The molecule has 4 rings (SSSR count). The van der Waals surface area contributed by atoms with E-state index in [-0.39, 0.29) is 11.0 Å². The third kappa shape index (κ3) is 2.33. The van der Waals surface area contributed by atoms with E-state index >= 15 is 0 Å². The van der Waals surface area contributed by atoms with Gasteiger partial charge >= 0.3 is 0 Å². The molecule has 0 radical (unpaired) electrons. The number of ether oxygens (including phenoxy) is 1. The van der Waals surface area contributed by atoms with E-state index < -0.39 is 69.0 Å². The third-order valence-electron chi connectivity index (χ3n) is 3.98. The van der Waals surface area contributed by atoms with Crippen molar-refractivity contribution in [3.63, 3.8) is 0 Å². The molecule has 1 aromatic heterocycles. The monoisotopic (exact) mass is 404 g/mol. The summed E-state index contributed by atoms with van der Waals surface area (Å²) in [5, 5.41) is -0.619. The molecule has 0 amide bonds. The first-order valence-corrected chi connectivity index (χ1v) is 7.41. The Labute approximate surface area is 149 Å². The van der Waals surface area contributed by atoms with Crippen LogP contribution in [0.2, 0.25) is 0 Å². The number of hydrogen-bond donors (Lipinski definition) is 0. The van der Waals surface area contributed by atoms with Gasteiger partial charge in [0, 0.05) is 5.39 Å². The Morgan fingerprint density at radius 1 is 0.571 bits per heavy atom. The van der Waals surface area contributed by atoms with Gasteiger partial charge in [-0.2, -0.15) is 17.6 Å². The van der Waals surface area contributed by atoms with E-state index in [9.17, 15) is 35.1 Å². The molecule has 10 heteroatoms. The fraction of sp³-hybridized carbons (Fsp3) is 0. The summed E-state index contributed by atoms with van der Waals surface area (Å²) < 4.78 is 120. The Morgan fingerprint density at radius 3 is 1.71 bits per heavy atom. The molecular weight excluding hydrogens is 400 g/mol. The van der Waals surface area contributed by atoms with Crippen molar-refractivity contribution in [2.45, 2.75) is 0 Å². The summed E-state index contributed by atoms with van der Waals surface area (Å²) in [4.78, 5) is 0. The molecule has 0 saturated carbocycles. The predicted molar refractivity (Wildman–Crippen MR) is 79.9 cm³/mol. The van der Waals surface area contributed by atoms with Crippen LogP contribution in [-0.4, -0.2) is 0 Å². The lowest BCUT2D eigenvalue weighted by Crippen LogP contribution is -2.06. The van der Waals surface area contributed by atoms with Crippen LogP contribution in [0.5, 0.6) is 11.5 Å². The SMILES string of the molecule is Fc1c(F)c(F)c(Oc2c(F)c(F)c3c(oc4ccccc43)c2F)c(F)c1F. The second kappa shape index (κ2) is 6.11. The van der Waals surface area contributed by atoms with Gasteiger partial charge in [-0.1, -0.05) is 18.2 Å². The molecule has 3 aromatic carbocycles. The molecule has 1 heterocycles. The first kappa shape index (κ1) is 18.1. The Balaban J connectivity index is 2.00. The second-order valence-electron chi connectivity index (χ2n) is 5.57. The summed E-state index contributed by atoms with van der Waals surface area (Å²) in [5.41, 5.74) is -0.901. The van der Waals surface area contributed by atoms with Gasteiger partial charge in [0.2, 0.25) is 52.2 Å². The minimum atomic E-state index is -2.50. The number of rotatable bonds is 2. The number of fused-ring (bicyclic) bond motifs is 3. The van der Waals surface area contributed by atoms with E-state index in [0.717, 1.165) is 0 Å². The molecule has 0 atom stereocenters. The zero-order chi connectivity index (χ0) is 20.3. The third-order valence-corrected chi connectivity index (χ3v) is 3.98. The van der Waals surface area contributed by atoms with E-state index in [0.29, 0.717) is 0 Å². The van der Waals surface area contributed by atoms with Gasteiger partial charge in [0.05, 0.1) is 5.39 Å². The van der Waals surface area contributed by atoms with Gasteiger partial charge in [-0.15, -0.1) is 0 Å². The van der Waals surface area contributed by atoms with Gasteiger partial charge in [-0.3, -0.25) is 0 Å². The van der Waals surface area contributed by atoms with E-state index in [1.807, 2.05) is 0 Å². The Morgan fingerprint density at radius 2 is 1.07 bits per heavy atom. The number of hydrogen-bond acceptors (Lipinski definition) is 2. The largest absolute Gasteiger partial charge is 0.453 e. The average Bonchev–Trinajstić information content (AvgIpc) is 3.08. The highest BCUT2D eigenvalue weighted by atomic mass is 19.2. The zero-order valence-electron chi connectivity index (χ0n) is 13.1. The van der Waals surface area contributed by atoms with Crippen LogP contribution in [0.3, 0.4) is 0 Å². The molecule has 0 bridgehead atoms. The first-order valence-electron chi connectivity index (χ1n) is 7.41. The number of halogens is 8. The molecule has 28 heavy (non-hydrogen) atoms. The highest BCUT2D eigenvalue weighted by molar-refractivity contribution is 6.05. The lowest BCUT2D eigenvalue weighted by Gasteiger charge is -2.12. The molecule has 0 spiro atoms. The summed E-state index contributed by atoms with van der Waals surface area (Å²) >= 11 is 0. The Hall–Kier alpha value is -3.30. The van der Waals surface area contributed by atoms with E-state index in [1.54, 1.807) is 0 Å². The van der Waals surface area contributed by atoms with Crippen LogP contribution >= 0.6 is 0 Å². The predicted octanol–water partition coefficient (Wildman–Crippen LogP) is 6.49. The van der Waals surface area contributed by atoms with E-state index in [4.69, 9.17) is 4.42 Å². The van der Waals surface area contributed by atoms with Crippen molar-refractivity contribution in [3.05, 3.63) is 70.8 Å². The summed E-state index contributed by atoms with van der Waals surface area (Å²) in [6.45, 7) is 0. The highest BCUT2D eigenvalue weighted by Crippen LogP contribution is 2.41. The molecule has 144 valence electrons. The molecule has 0 aliphatic heterocycles. The number of para-hydroxylation sites is 1. The normalized spacial score (nSPS) is 11.6. The fourth-order valence-corrected chi connectivity index (χ4v) is 2.69. The van der Waals surface area contributed by atoms with Crippen molar-refractivity contribution in [2.24, 2.45) is 0 Å². The van der Waals surface area contributed by atoms with E-state index in [1.165, 1.54) is 24.3 Å². The quantitative estimate of drug-likeness (QED) is 0.216. The molecular formula is C18H4F8O2. The van der Waals surface area contributed by atoms with Gasteiger partial charge in [-0.25, -0.2) is 17.6 Å². The molecule has 4 aromatic rings. The maximum absolute atomic E-state index is 14.6. The standard InChI is InChI=1S/C18H4F8O2/c19-8-7-5-3-1-2-4-6(5)27-16(7)15(26)18(12(8)23)28-17-13(24)10(21)9(20)11(22)14(17)25/h1-4H. The minimum absolute atomic E-state index is 0.00409. The molecule has 2 nitrogen and oxygen atoms in total. The maximum atomic E-state index is 14.6. The maximum Gasteiger partial charge on any atom is 0.212 e. The first-order chi connectivity index (χ1) is 13.2. The highest BCUT2D eigenvalue weighted by Gasteiger charge is 2.32. The van der Waals surface area contributed by atoms with Gasteiger partial charge < -0.3 is 9.15 Å². The van der Waals surface area contributed by atoms with Crippen molar-refractivity contribution in [1.82, 2.24) is 0 Å². The van der Waals surface area contributed by atoms with Gasteiger partial charge in [0.25, 0.3) is 0 Å². The Bertz CT molecular complexity index is 1250. The second-order valence-corrected chi connectivity index (χ2v) is 5.57. The summed E-state index contributed by atoms with van der Waals surface area (Å²) in [6, 6.07) is 5.51. The molecule has 0 fully saturated rings. The van der Waals surface area contributed by atoms with Crippen LogP contribution in [0.15, 0.2) is 28.7 Å². The van der Waals surface area contributed by atoms with Crippen LogP contribution in [0.1, 0.15) is 0 Å².